The Kier molecular flexibility index (Phi) is 4.38. The lowest BCUT2D eigenvalue weighted by atomic mass is 10.1. The van der Waals surface area contributed by atoms with Gasteiger partial charge in [-0.15, -0.1) is 0 Å². The largest absolute Gasteiger partial charge is 0.325 e. The lowest BCUT2D eigenvalue weighted by molar-refractivity contribution is 0.468. The molecule has 0 aliphatic carbocycles. The molecule has 1 aromatic heterocycles. The van der Waals surface area contributed by atoms with Crippen LogP contribution in [0, 0.1) is 12.8 Å². The van der Waals surface area contributed by atoms with Crippen LogP contribution in [0.25, 0.3) is 0 Å². The maximum Gasteiger partial charge on any atom is 0.0763 e. The molecule has 1 heterocycles. The van der Waals surface area contributed by atoms with Gasteiger partial charge in [0.05, 0.1) is 5.69 Å². The number of rotatable bonds is 5. The van der Waals surface area contributed by atoms with Crippen molar-refractivity contribution in [1.29, 1.82) is 0 Å². The van der Waals surface area contributed by atoms with Crippen molar-refractivity contribution < 1.29 is 0 Å². The van der Waals surface area contributed by atoms with Gasteiger partial charge in [-0.05, 0) is 24.5 Å². The molecule has 3 nitrogen and oxygen atoms in total. The van der Waals surface area contributed by atoms with E-state index < -0.39 is 0 Å². The van der Waals surface area contributed by atoms with Crippen LogP contribution in [0.4, 0.5) is 0 Å². The number of hydrogen-bond acceptors (Lipinski definition) is 2. The van der Waals surface area contributed by atoms with E-state index in [0.717, 1.165) is 18.7 Å². The third-order valence-electron chi connectivity index (χ3n) is 3.17. The molecular formula is C16H23N3. The third kappa shape index (κ3) is 3.67. The fourth-order valence-electron chi connectivity index (χ4n) is 2.18. The summed E-state index contributed by atoms with van der Waals surface area (Å²) in [6.45, 7) is 7.98. The Morgan fingerprint density at radius 3 is 2.47 bits per heavy atom. The SMILES string of the molecule is Cc1ccc(Cc2cc(CN)nn2CC(C)C)cc1. The van der Waals surface area contributed by atoms with E-state index in [1.54, 1.807) is 0 Å². The molecule has 3 heteroatoms. The van der Waals surface area contributed by atoms with Crippen molar-refractivity contribution in [2.45, 2.75) is 40.3 Å². The summed E-state index contributed by atoms with van der Waals surface area (Å²) in [5.74, 6) is 0.585. The minimum Gasteiger partial charge on any atom is -0.325 e. The molecule has 0 saturated heterocycles. The maximum atomic E-state index is 5.70. The molecule has 0 radical (unpaired) electrons. The van der Waals surface area contributed by atoms with Crippen molar-refractivity contribution in [3.05, 3.63) is 52.8 Å². The summed E-state index contributed by atoms with van der Waals surface area (Å²) >= 11 is 0. The molecule has 0 unspecified atom stereocenters. The number of aryl methyl sites for hydroxylation is 1. The molecule has 0 aliphatic heterocycles. The quantitative estimate of drug-likeness (QED) is 0.895. The predicted molar refractivity (Wildman–Crippen MR) is 78.9 cm³/mol. The molecule has 0 fully saturated rings. The van der Waals surface area contributed by atoms with Gasteiger partial charge in [0.25, 0.3) is 0 Å². The zero-order valence-corrected chi connectivity index (χ0v) is 12.1. The normalized spacial score (nSPS) is 11.2. The fourth-order valence-corrected chi connectivity index (χ4v) is 2.18. The summed E-state index contributed by atoms with van der Waals surface area (Å²) in [4.78, 5) is 0. The minimum absolute atomic E-state index is 0.506. The van der Waals surface area contributed by atoms with E-state index in [9.17, 15) is 0 Å². The van der Waals surface area contributed by atoms with Gasteiger partial charge in [0.15, 0.2) is 0 Å². The van der Waals surface area contributed by atoms with E-state index in [0.29, 0.717) is 12.5 Å². The average molecular weight is 257 g/mol. The molecule has 102 valence electrons. The molecule has 0 bridgehead atoms. The predicted octanol–water partition coefficient (Wildman–Crippen LogP) is 2.90. The summed E-state index contributed by atoms with van der Waals surface area (Å²) in [7, 11) is 0. The van der Waals surface area contributed by atoms with Crippen LogP contribution in [0.2, 0.25) is 0 Å². The van der Waals surface area contributed by atoms with Gasteiger partial charge in [0, 0.05) is 25.2 Å². The lowest BCUT2D eigenvalue weighted by Gasteiger charge is -2.10. The van der Waals surface area contributed by atoms with E-state index in [1.165, 1.54) is 16.8 Å². The van der Waals surface area contributed by atoms with E-state index in [2.05, 4.69) is 60.9 Å². The van der Waals surface area contributed by atoms with Crippen LogP contribution in [0.15, 0.2) is 30.3 Å². The van der Waals surface area contributed by atoms with Crippen LogP contribution >= 0.6 is 0 Å². The Balaban J connectivity index is 2.22. The smallest absolute Gasteiger partial charge is 0.0763 e. The van der Waals surface area contributed by atoms with Crippen LogP contribution in [0.5, 0.6) is 0 Å². The lowest BCUT2D eigenvalue weighted by Crippen LogP contribution is -2.10. The minimum atomic E-state index is 0.506. The van der Waals surface area contributed by atoms with Crippen LogP contribution in [-0.2, 0) is 19.5 Å². The van der Waals surface area contributed by atoms with Gasteiger partial charge in [-0.2, -0.15) is 5.10 Å². The Bertz CT molecular complexity index is 523. The van der Waals surface area contributed by atoms with Crippen LogP contribution in [0.3, 0.4) is 0 Å². The highest BCUT2D eigenvalue weighted by Crippen LogP contribution is 2.14. The summed E-state index contributed by atoms with van der Waals surface area (Å²) in [5, 5.41) is 4.57. The first-order valence-electron chi connectivity index (χ1n) is 6.89. The Hall–Kier alpha value is -1.61. The first-order valence-corrected chi connectivity index (χ1v) is 6.89. The van der Waals surface area contributed by atoms with Crippen LogP contribution in [0.1, 0.15) is 36.4 Å². The van der Waals surface area contributed by atoms with Crippen molar-refractivity contribution in [3.8, 4) is 0 Å². The number of hydrogen-bond donors (Lipinski definition) is 1. The second kappa shape index (κ2) is 6.02. The molecule has 0 amide bonds. The molecule has 2 rings (SSSR count). The number of nitrogens with zero attached hydrogens (tertiary/aromatic N) is 2. The van der Waals surface area contributed by atoms with Gasteiger partial charge in [0.2, 0.25) is 0 Å². The van der Waals surface area contributed by atoms with Crippen molar-refractivity contribution in [1.82, 2.24) is 9.78 Å². The zero-order chi connectivity index (χ0) is 13.8. The van der Waals surface area contributed by atoms with E-state index >= 15 is 0 Å². The van der Waals surface area contributed by atoms with Gasteiger partial charge in [-0.1, -0.05) is 43.7 Å². The summed E-state index contributed by atoms with van der Waals surface area (Å²) in [5.41, 5.74) is 10.5. The summed E-state index contributed by atoms with van der Waals surface area (Å²) in [6.07, 6.45) is 0.917. The number of nitrogens with two attached hydrogens (primary N) is 1. The molecular weight excluding hydrogens is 234 g/mol. The highest BCUT2D eigenvalue weighted by molar-refractivity contribution is 5.26. The summed E-state index contributed by atoms with van der Waals surface area (Å²) < 4.78 is 2.10. The first-order chi connectivity index (χ1) is 9.08. The van der Waals surface area contributed by atoms with Crippen LogP contribution in [-0.4, -0.2) is 9.78 Å². The van der Waals surface area contributed by atoms with E-state index in [-0.39, 0.29) is 0 Å². The Morgan fingerprint density at radius 1 is 1.21 bits per heavy atom. The van der Waals surface area contributed by atoms with Gasteiger partial charge in [0.1, 0.15) is 0 Å². The maximum absolute atomic E-state index is 5.70. The van der Waals surface area contributed by atoms with Crippen molar-refractivity contribution in [2.75, 3.05) is 0 Å². The molecule has 0 aliphatic rings. The fraction of sp³-hybridized carbons (Fsp3) is 0.438. The molecule has 0 spiro atoms. The molecule has 19 heavy (non-hydrogen) atoms. The van der Waals surface area contributed by atoms with Crippen LogP contribution < -0.4 is 5.73 Å². The van der Waals surface area contributed by atoms with E-state index in [4.69, 9.17) is 5.73 Å². The second-order valence-corrected chi connectivity index (χ2v) is 5.57. The van der Waals surface area contributed by atoms with Crippen molar-refractivity contribution in [3.63, 3.8) is 0 Å². The Labute approximate surface area is 115 Å². The third-order valence-corrected chi connectivity index (χ3v) is 3.17. The van der Waals surface area contributed by atoms with Crippen molar-refractivity contribution >= 4 is 0 Å². The van der Waals surface area contributed by atoms with Gasteiger partial charge >= 0.3 is 0 Å². The van der Waals surface area contributed by atoms with Gasteiger partial charge in [-0.3, -0.25) is 4.68 Å². The molecule has 2 N–H and O–H groups in total. The van der Waals surface area contributed by atoms with E-state index in [1.807, 2.05) is 0 Å². The molecule has 1 aromatic carbocycles. The highest BCUT2D eigenvalue weighted by atomic mass is 15.3. The molecule has 0 atom stereocenters. The number of aromatic nitrogens is 2. The first kappa shape index (κ1) is 13.8. The highest BCUT2D eigenvalue weighted by Gasteiger charge is 2.09. The standard InChI is InChI=1S/C16H23N3/c1-12(2)11-19-16(9-15(10-17)18-19)8-14-6-4-13(3)5-7-14/h4-7,9,12H,8,10-11,17H2,1-3H3. The molecule has 2 aromatic rings. The zero-order valence-electron chi connectivity index (χ0n) is 12.1. The second-order valence-electron chi connectivity index (χ2n) is 5.57. The topological polar surface area (TPSA) is 43.8 Å². The molecule has 0 saturated carbocycles. The van der Waals surface area contributed by atoms with Gasteiger partial charge in [-0.25, -0.2) is 0 Å². The van der Waals surface area contributed by atoms with Gasteiger partial charge < -0.3 is 5.73 Å². The average Bonchev–Trinajstić information content (AvgIpc) is 2.74. The summed E-state index contributed by atoms with van der Waals surface area (Å²) in [6, 6.07) is 10.8. The Morgan fingerprint density at radius 2 is 1.89 bits per heavy atom. The van der Waals surface area contributed by atoms with Crippen molar-refractivity contribution in [2.24, 2.45) is 11.7 Å². The monoisotopic (exact) mass is 257 g/mol. The number of benzene rings is 1.